The smallest absolute Gasteiger partial charge is 0.00199 e. The van der Waals surface area contributed by atoms with E-state index in [-0.39, 0.29) is 0 Å². The first-order valence-corrected chi connectivity index (χ1v) is 14.3. The summed E-state index contributed by atoms with van der Waals surface area (Å²) < 4.78 is 0. The molecule has 0 heterocycles. The van der Waals surface area contributed by atoms with E-state index < -0.39 is 0 Å². The summed E-state index contributed by atoms with van der Waals surface area (Å²) in [6, 6.07) is 55.6. The average Bonchev–Trinajstić information content (AvgIpc) is 3.04. The summed E-state index contributed by atoms with van der Waals surface area (Å²) in [4.78, 5) is 0. The van der Waals surface area contributed by atoms with E-state index in [0.29, 0.717) is 0 Å². The molecule has 0 radical (unpaired) electrons. The first-order chi connectivity index (χ1) is 20.3. The standard InChI is InChI=1S/C41H28/c1-27-22-24-33(34-18-8-7-16-31(27)34)30-23-25-38-39(26-30)41(35-21-11-15-28-12-5-6-17-32(28)35)37-20-10-9-19-36(37)40(38)29-13-3-2-4-14-29/h2-26H,1H3. The van der Waals surface area contributed by atoms with Crippen molar-refractivity contribution in [2.75, 3.05) is 0 Å². The normalized spacial score (nSPS) is 11.5. The maximum atomic E-state index is 2.43. The van der Waals surface area contributed by atoms with Crippen LogP contribution in [-0.2, 0) is 0 Å². The first kappa shape index (κ1) is 23.7. The van der Waals surface area contributed by atoms with Crippen molar-refractivity contribution >= 4 is 43.1 Å². The summed E-state index contributed by atoms with van der Waals surface area (Å²) in [6.45, 7) is 2.20. The van der Waals surface area contributed by atoms with Crippen LogP contribution in [0.1, 0.15) is 5.56 Å². The summed E-state index contributed by atoms with van der Waals surface area (Å²) in [5.74, 6) is 0. The van der Waals surface area contributed by atoms with Gasteiger partial charge < -0.3 is 0 Å². The van der Waals surface area contributed by atoms with Gasteiger partial charge in [-0.15, -0.1) is 0 Å². The van der Waals surface area contributed by atoms with Crippen LogP contribution in [0.3, 0.4) is 0 Å². The van der Waals surface area contributed by atoms with Crippen molar-refractivity contribution in [1.29, 1.82) is 0 Å². The SMILES string of the molecule is Cc1ccc(-c2ccc3c(-c4ccccc4)c4ccccc4c(-c4cccc5ccccc45)c3c2)c2ccccc12. The van der Waals surface area contributed by atoms with E-state index in [0.717, 1.165) is 0 Å². The van der Waals surface area contributed by atoms with Crippen molar-refractivity contribution in [2.24, 2.45) is 0 Å². The lowest BCUT2D eigenvalue weighted by atomic mass is 9.83. The van der Waals surface area contributed by atoms with Gasteiger partial charge in [0.25, 0.3) is 0 Å². The molecule has 0 bridgehead atoms. The molecule has 0 fully saturated rings. The van der Waals surface area contributed by atoms with Gasteiger partial charge in [-0.3, -0.25) is 0 Å². The summed E-state index contributed by atoms with van der Waals surface area (Å²) >= 11 is 0. The van der Waals surface area contributed by atoms with E-state index in [9.17, 15) is 0 Å². The molecule has 0 aliphatic rings. The highest BCUT2D eigenvalue weighted by molar-refractivity contribution is 6.24. The van der Waals surface area contributed by atoms with E-state index >= 15 is 0 Å². The molecule has 8 aromatic rings. The van der Waals surface area contributed by atoms with Crippen LogP contribution in [0, 0.1) is 6.92 Å². The molecule has 0 N–H and O–H groups in total. The third-order valence-electron chi connectivity index (χ3n) is 8.60. The number of aryl methyl sites for hydroxylation is 1. The topological polar surface area (TPSA) is 0 Å². The minimum Gasteiger partial charge on any atom is -0.0622 e. The fraction of sp³-hybridized carbons (Fsp3) is 0.0244. The zero-order valence-corrected chi connectivity index (χ0v) is 22.9. The Hall–Kier alpha value is -5.20. The van der Waals surface area contributed by atoms with Crippen molar-refractivity contribution in [3.05, 3.63) is 157 Å². The van der Waals surface area contributed by atoms with Crippen molar-refractivity contribution in [3.63, 3.8) is 0 Å². The van der Waals surface area contributed by atoms with E-state index in [4.69, 9.17) is 0 Å². The summed E-state index contributed by atoms with van der Waals surface area (Å²) in [5.41, 5.74) is 8.92. The van der Waals surface area contributed by atoms with Crippen LogP contribution in [0.5, 0.6) is 0 Å². The van der Waals surface area contributed by atoms with E-state index in [2.05, 4.69) is 159 Å². The van der Waals surface area contributed by atoms with Gasteiger partial charge in [0.2, 0.25) is 0 Å². The monoisotopic (exact) mass is 520 g/mol. The molecule has 0 aliphatic heterocycles. The van der Waals surface area contributed by atoms with Gasteiger partial charge in [0, 0.05) is 0 Å². The van der Waals surface area contributed by atoms with E-state index in [1.165, 1.54) is 82.0 Å². The van der Waals surface area contributed by atoms with Crippen LogP contribution < -0.4 is 0 Å². The molecule has 0 nitrogen and oxygen atoms in total. The zero-order valence-electron chi connectivity index (χ0n) is 22.9. The van der Waals surface area contributed by atoms with E-state index in [1.807, 2.05) is 0 Å². The van der Waals surface area contributed by atoms with Gasteiger partial charge in [-0.2, -0.15) is 0 Å². The molecule has 0 amide bonds. The number of hydrogen-bond acceptors (Lipinski definition) is 0. The van der Waals surface area contributed by atoms with Gasteiger partial charge in [-0.05, 0) is 95.0 Å². The maximum absolute atomic E-state index is 2.43. The lowest BCUT2D eigenvalue weighted by Crippen LogP contribution is -1.93. The molecule has 0 aromatic heterocycles. The van der Waals surface area contributed by atoms with Crippen molar-refractivity contribution in [2.45, 2.75) is 6.92 Å². The largest absolute Gasteiger partial charge is 0.0622 e. The highest BCUT2D eigenvalue weighted by Crippen LogP contribution is 2.46. The molecule has 41 heavy (non-hydrogen) atoms. The molecule has 0 saturated carbocycles. The van der Waals surface area contributed by atoms with Gasteiger partial charge in [0.1, 0.15) is 0 Å². The molecule has 0 heteroatoms. The second kappa shape index (κ2) is 9.47. The molecule has 0 atom stereocenters. The minimum absolute atomic E-state index is 1.24. The lowest BCUT2D eigenvalue weighted by Gasteiger charge is -2.20. The Morgan fingerprint density at radius 3 is 1.73 bits per heavy atom. The number of benzene rings is 8. The number of hydrogen-bond donors (Lipinski definition) is 0. The van der Waals surface area contributed by atoms with Gasteiger partial charge in [-0.25, -0.2) is 0 Å². The maximum Gasteiger partial charge on any atom is -0.00199 e. The molecule has 0 saturated heterocycles. The molecule has 0 unspecified atom stereocenters. The fourth-order valence-electron chi connectivity index (χ4n) is 6.70. The van der Waals surface area contributed by atoms with Gasteiger partial charge in [0.05, 0.1) is 0 Å². The Bertz CT molecular complexity index is 2250. The van der Waals surface area contributed by atoms with Crippen molar-refractivity contribution in [1.82, 2.24) is 0 Å². The van der Waals surface area contributed by atoms with Gasteiger partial charge in [-0.1, -0.05) is 146 Å². The molecule has 8 rings (SSSR count). The predicted molar refractivity (Wildman–Crippen MR) is 178 cm³/mol. The van der Waals surface area contributed by atoms with Crippen LogP contribution in [-0.4, -0.2) is 0 Å². The zero-order chi connectivity index (χ0) is 27.3. The van der Waals surface area contributed by atoms with Crippen LogP contribution in [0.25, 0.3) is 76.5 Å². The Morgan fingerprint density at radius 2 is 0.927 bits per heavy atom. The summed E-state index contributed by atoms with van der Waals surface area (Å²) in [7, 11) is 0. The molecule has 0 spiro atoms. The lowest BCUT2D eigenvalue weighted by molar-refractivity contribution is 1.53. The number of fused-ring (bicyclic) bond motifs is 4. The third kappa shape index (κ3) is 3.76. The predicted octanol–water partition coefficient (Wildman–Crippen LogP) is 11.6. The van der Waals surface area contributed by atoms with E-state index in [1.54, 1.807) is 0 Å². The Balaban J connectivity index is 1.56. The first-order valence-electron chi connectivity index (χ1n) is 14.3. The highest BCUT2D eigenvalue weighted by Gasteiger charge is 2.19. The summed E-state index contributed by atoms with van der Waals surface area (Å²) in [5, 5.41) is 10.3. The Kier molecular flexibility index (Phi) is 5.47. The van der Waals surface area contributed by atoms with Crippen LogP contribution in [0.4, 0.5) is 0 Å². The average molecular weight is 521 g/mol. The molecule has 8 aromatic carbocycles. The molecular formula is C41H28. The van der Waals surface area contributed by atoms with Crippen LogP contribution in [0.15, 0.2) is 152 Å². The Morgan fingerprint density at radius 1 is 0.317 bits per heavy atom. The fourth-order valence-corrected chi connectivity index (χ4v) is 6.70. The summed E-state index contributed by atoms with van der Waals surface area (Å²) in [6.07, 6.45) is 0. The highest BCUT2D eigenvalue weighted by atomic mass is 14.2. The van der Waals surface area contributed by atoms with Crippen LogP contribution >= 0.6 is 0 Å². The molecular weight excluding hydrogens is 492 g/mol. The minimum atomic E-state index is 1.24. The van der Waals surface area contributed by atoms with Crippen molar-refractivity contribution < 1.29 is 0 Å². The number of rotatable bonds is 3. The molecule has 192 valence electrons. The second-order valence-corrected chi connectivity index (χ2v) is 10.9. The van der Waals surface area contributed by atoms with Gasteiger partial charge in [0.15, 0.2) is 0 Å². The quantitative estimate of drug-likeness (QED) is 0.203. The third-order valence-corrected chi connectivity index (χ3v) is 8.60. The second-order valence-electron chi connectivity index (χ2n) is 10.9. The Labute approximate surface area is 240 Å². The van der Waals surface area contributed by atoms with Crippen LogP contribution in [0.2, 0.25) is 0 Å². The molecule has 0 aliphatic carbocycles. The van der Waals surface area contributed by atoms with Gasteiger partial charge >= 0.3 is 0 Å². The van der Waals surface area contributed by atoms with Crippen molar-refractivity contribution in [3.8, 4) is 33.4 Å².